The number of carboxylic acid groups (broad SMARTS) is 1. The summed E-state index contributed by atoms with van der Waals surface area (Å²) in [5, 5.41) is 28.8. The summed E-state index contributed by atoms with van der Waals surface area (Å²) < 4.78 is 2.40. The normalized spacial score (nSPS) is 11.5. The zero-order valence-electron chi connectivity index (χ0n) is 14.4. The maximum Gasteiger partial charge on any atom is 0.309 e. The Bertz CT molecular complexity index is 1030. The SMILES string of the molecule is CC(C)(Cc1nnc(Br)n1Cc1ccc(C#N)c2ccccc12)C(=O)O. The van der Waals surface area contributed by atoms with Crippen LogP contribution in [0.25, 0.3) is 10.8 Å². The molecule has 0 unspecified atom stereocenters. The van der Waals surface area contributed by atoms with Gasteiger partial charge in [0.2, 0.25) is 0 Å². The lowest BCUT2D eigenvalue weighted by atomic mass is 9.89. The van der Waals surface area contributed by atoms with E-state index in [2.05, 4.69) is 32.2 Å². The predicted octanol–water partition coefficient (Wildman–Crippen LogP) is 3.77. The van der Waals surface area contributed by atoms with Crippen molar-refractivity contribution in [3.8, 4) is 6.07 Å². The molecule has 0 bridgehead atoms. The summed E-state index contributed by atoms with van der Waals surface area (Å²) in [6.45, 7) is 3.81. The number of benzene rings is 2. The van der Waals surface area contributed by atoms with Crippen molar-refractivity contribution in [2.45, 2.75) is 26.8 Å². The van der Waals surface area contributed by atoms with Gasteiger partial charge in [0.25, 0.3) is 0 Å². The average Bonchev–Trinajstić information content (AvgIpc) is 2.94. The number of aliphatic carboxylic acids is 1. The van der Waals surface area contributed by atoms with Gasteiger partial charge in [0.1, 0.15) is 5.82 Å². The van der Waals surface area contributed by atoms with Crippen LogP contribution < -0.4 is 0 Å². The number of fused-ring (bicyclic) bond motifs is 1. The molecule has 1 aromatic heterocycles. The molecule has 0 aliphatic carbocycles. The van der Waals surface area contributed by atoms with Gasteiger partial charge in [-0.05, 0) is 52.2 Å². The highest BCUT2D eigenvalue weighted by molar-refractivity contribution is 9.10. The molecular weight excluding hydrogens is 396 g/mol. The molecule has 0 aliphatic rings. The Labute approximate surface area is 159 Å². The van der Waals surface area contributed by atoms with Gasteiger partial charge >= 0.3 is 5.97 Å². The molecule has 0 fully saturated rings. The minimum atomic E-state index is -0.947. The van der Waals surface area contributed by atoms with Gasteiger partial charge in [-0.15, -0.1) is 10.2 Å². The maximum atomic E-state index is 11.4. The van der Waals surface area contributed by atoms with Gasteiger partial charge in [-0.2, -0.15) is 5.26 Å². The molecule has 0 saturated carbocycles. The molecule has 132 valence electrons. The summed E-state index contributed by atoms with van der Waals surface area (Å²) in [6.07, 6.45) is 0.259. The fourth-order valence-corrected chi connectivity index (χ4v) is 3.25. The van der Waals surface area contributed by atoms with Gasteiger partial charge in [-0.3, -0.25) is 4.79 Å². The van der Waals surface area contributed by atoms with Gasteiger partial charge in [-0.1, -0.05) is 30.3 Å². The fraction of sp³-hybridized carbons (Fsp3) is 0.263. The number of hydrogen-bond acceptors (Lipinski definition) is 4. The van der Waals surface area contributed by atoms with Crippen molar-refractivity contribution >= 4 is 32.7 Å². The number of nitrogens with zero attached hydrogens (tertiary/aromatic N) is 4. The molecule has 0 spiro atoms. The largest absolute Gasteiger partial charge is 0.481 e. The molecule has 1 N–H and O–H groups in total. The summed E-state index contributed by atoms with van der Waals surface area (Å²) in [5.41, 5.74) is 0.686. The quantitative estimate of drug-likeness (QED) is 0.688. The molecule has 0 saturated heterocycles. The van der Waals surface area contributed by atoms with Gasteiger partial charge < -0.3 is 9.67 Å². The van der Waals surface area contributed by atoms with Crippen LogP contribution in [0.5, 0.6) is 0 Å². The summed E-state index contributed by atoms with van der Waals surface area (Å²) in [7, 11) is 0. The van der Waals surface area contributed by atoms with Crippen LogP contribution in [-0.2, 0) is 17.8 Å². The topological polar surface area (TPSA) is 91.8 Å². The second-order valence-electron chi connectivity index (χ2n) is 6.77. The van der Waals surface area contributed by atoms with Crippen molar-refractivity contribution in [2.75, 3.05) is 0 Å². The first-order valence-electron chi connectivity index (χ1n) is 8.05. The average molecular weight is 413 g/mol. The van der Waals surface area contributed by atoms with E-state index in [4.69, 9.17) is 0 Å². The van der Waals surface area contributed by atoms with Gasteiger partial charge in [0.15, 0.2) is 4.73 Å². The number of aromatic nitrogens is 3. The Balaban J connectivity index is 2.04. The number of hydrogen-bond donors (Lipinski definition) is 1. The van der Waals surface area contributed by atoms with E-state index in [9.17, 15) is 15.2 Å². The number of halogens is 1. The van der Waals surface area contributed by atoms with Crippen molar-refractivity contribution in [3.63, 3.8) is 0 Å². The first-order chi connectivity index (χ1) is 12.3. The first-order valence-corrected chi connectivity index (χ1v) is 8.84. The molecule has 7 heteroatoms. The molecule has 0 amide bonds. The van der Waals surface area contributed by atoms with Crippen LogP contribution in [0.4, 0.5) is 0 Å². The number of carbonyl (C=O) groups is 1. The molecule has 0 atom stereocenters. The molecule has 6 nitrogen and oxygen atoms in total. The van der Waals surface area contributed by atoms with E-state index in [1.165, 1.54) is 0 Å². The zero-order valence-corrected chi connectivity index (χ0v) is 16.0. The number of carboxylic acids is 1. The third-order valence-electron chi connectivity index (χ3n) is 4.42. The lowest BCUT2D eigenvalue weighted by Crippen LogP contribution is -2.28. The lowest BCUT2D eigenvalue weighted by molar-refractivity contribution is -0.146. The van der Waals surface area contributed by atoms with E-state index in [0.717, 1.165) is 16.3 Å². The van der Waals surface area contributed by atoms with Gasteiger partial charge in [0, 0.05) is 6.42 Å². The van der Waals surface area contributed by atoms with E-state index in [0.29, 0.717) is 22.7 Å². The van der Waals surface area contributed by atoms with Crippen LogP contribution in [0.2, 0.25) is 0 Å². The van der Waals surface area contributed by atoms with Crippen molar-refractivity contribution in [2.24, 2.45) is 5.41 Å². The van der Waals surface area contributed by atoms with E-state index in [1.807, 2.05) is 34.9 Å². The minimum Gasteiger partial charge on any atom is -0.481 e. The van der Waals surface area contributed by atoms with E-state index in [-0.39, 0.29) is 6.42 Å². The molecule has 0 aliphatic heterocycles. The van der Waals surface area contributed by atoms with Crippen molar-refractivity contribution in [3.05, 3.63) is 58.1 Å². The van der Waals surface area contributed by atoms with E-state index in [1.54, 1.807) is 19.9 Å². The molecule has 1 heterocycles. The van der Waals surface area contributed by atoms with Gasteiger partial charge in [-0.25, -0.2) is 0 Å². The van der Waals surface area contributed by atoms with Crippen LogP contribution in [0.1, 0.15) is 30.8 Å². The molecular formula is C19H17BrN4O2. The monoisotopic (exact) mass is 412 g/mol. The summed E-state index contributed by atoms with van der Waals surface area (Å²) in [4.78, 5) is 11.4. The van der Waals surface area contributed by atoms with E-state index < -0.39 is 11.4 Å². The van der Waals surface area contributed by atoms with Crippen molar-refractivity contribution < 1.29 is 9.90 Å². The van der Waals surface area contributed by atoms with Crippen molar-refractivity contribution in [1.29, 1.82) is 5.26 Å². The minimum absolute atomic E-state index is 0.259. The third kappa shape index (κ3) is 3.33. The lowest BCUT2D eigenvalue weighted by Gasteiger charge is -2.19. The Morgan fingerprint density at radius 1 is 1.23 bits per heavy atom. The van der Waals surface area contributed by atoms with Crippen LogP contribution in [0, 0.1) is 16.7 Å². The second kappa shape index (κ2) is 6.89. The highest BCUT2D eigenvalue weighted by atomic mass is 79.9. The highest BCUT2D eigenvalue weighted by Gasteiger charge is 2.30. The van der Waals surface area contributed by atoms with Crippen LogP contribution >= 0.6 is 15.9 Å². The predicted molar refractivity (Wildman–Crippen MR) is 101 cm³/mol. The van der Waals surface area contributed by atoms with E-state index >= 15 is 0 Å². The molecule has 2 aromatic carbocycles. The number of rotatable bonds is 5. The summed E-state index contributed by atoms with van der Waals surface area (Å²) >= 11 is 3.40. The molecule has 0 radical (unpaired) electrons. The Kier molecular flexibility index (Phi) is 4.79. The highest BCUT2D eigenvalue weighted by Crippen LogP contribution is 2.27. The molecule has 3 rings (SSSR count). The summed E-state index contributed by atoms with van der Waals surface area (Å²) in [6, 6.07) is 13.7. The zero-order chi connectivity index (χ0) is 18.9. The smallest absolute Gasteiger partial charge is 0.309 e. The maximum absolute atomic E-state index is 11.4. The molecule has 26 heavy (non-hydrogen) atoms. The summed E-state index contributed by atoms with van der Waals surface area (Å²) in [5.74, 6) is -0.287. The fourth-order valence-electron chi connectivity index (χ4n) is 2.84. The Morgan fingerprint density at radius 3 is 2.58 bits per heavy atom. The number of nitriles is 1. The van der Waals surface area contributed by atoms with Crippen LogP contribution in [-0.4, -0.2) is 25.8 Å². The van der Waals surface area contributed by atoms with Crippen molar-refractivity contribution in [1.82, 2.24) is 14.8 Å². The van der Waals surface area contributed by atoms with Gasteiger partial charge in [0.05, 0.1) is 23.6 Å². The van der Waals surface area contributed by atoms with Crippen LogP contribution in [0.15, 0.2) is 41.1 Å². The van der Waals surface area contributed by atoms with Crippen LogP contribution in [0.3, 0.4) is 0 Å². The Morgan fingerprint density at radius 2 is 1.92 bits per heavy atom. The second-order valence-corrected chi connectivity index (χ2v) is 7.48. The third-order valence-corrected chi connectivity index (χ3v) is 5.01. The first kappa shape index (κ1) is 18.1. The standard InChI is InChI=1S/C19H17BrN4O2/c1-19(2,17(25)26)9-16-22-23-18(20)24(16)11-13-8-7-12(10-21)14-5-3-4-6-15(13)14/h3-8H,9,11H2,1-2H3,(H,25,26). The Hall–Kier alpha value is -2.72. The molecule has 3 aromatic rings.